The summed E-state index contributed by atoms with van der Waals surface area (Å²) in [6, 6.07) is 9.11. The molecule has 3 rings (SSSR count). The van der Waals surface area contributed by atoms with Crippen LogP contribution in [-0.2, 0) is 6.67 Å². The van der Waals surface area contributed by atoms with Gasteiger partial charge in [-0.1, -0.05) is 25.1 Å². The van der Waals surface area contributed by atoms with Crippen molar-refractivity contribution in [1.82, 2.24) is 14.3 Å². The van der Waals surface area contributed by atoms with E-state index in [0.29, 0.717) is 0 Å². The molecule has 0 bridgehead atoms. The van der Waals surface area contributed by atoms with Crippen LogP contribution in [-0.4, -0.2) is 26.9 Å². The summed E-state index contributed by atoms with van der Waals surface area (Å²) >= 11 is 5.75. The molecule has 1 aliphatic rings. The molecule has 1 fully saturated rings. The largest absolute Gasteiger partial charge is 0.314 e. The molecule has 124 valence electrons. The van der Waals surface area contributed by atoms with Gasteiger partial charge in [0.2, 0.25) is 4.77 Å². The average molecular weight is 332 g/mol. The number of para-hydroxylation sites is 1. The maximum absolute atomic E-state index is 5.75. The first kappa shape index (κ1) is 16.4. The molecule has 0 radical (unpaired) electrons. The fourth-order valence-electron chi connectivity index (χ4n) is 3.76. The zero-order valence-corrected chi connectivity index (χ0v) is 15.2. The van der Waals surface area contributed by atoms with Crippen molar-refractivity contribution < 1.29 is 4.90 Å². The quantitative estimate of drug-likeness (QED) is 0.872. The van der Waals surface area contributed by atoms with E-state index in [2.05, 4.69) is 42.7 Å². The first-order valence-corrected chi connectivity index (χ1v) is 9.09. The second kappa shape index (κ2) is 6.97. The van der Waals surface area contributed by atoms with Crippen molar-refractivity contribution in [1.29, 1.82) is 0 Å². The maximum atomic E-state index is 5.75. The lowest BCUT2D eigenvalue weighted by Crippen LogP contribution is -3.15. The number of nitrogens with zero attached hydrogens (tertiary/aromatic N) is 3. The van der Waals surface area contributed by atoms with Gasteiger partial charge in [0.1, 0.15) is 5.82 Å². The third-order valence-electron chi connectivity index (χ3n) is 5.08. The number of hydrogen-bond acceptors (Lipinski definition) is 2. The van der Waals surface area contributed by atoms with Gasteiger partial charge in [0, 0.05) is 0 Å². The smallest absolute Gasteiger partial charge is 0.207 e. The van der Waals surface area contributed by atoms with E-state index in [0.717, 1.165) is 29.0 Å². The van der Waals surface area contributed by atoms with Crippen LogP contribution in [0.2, 0.25) is 0 Å². The average Bonchev–Trinajstić information content (AvgIpc) is 2.83. The van der Waals surface area contributed by atoms with E-state index in [4.69, 9.17) is 17.3 Å². The number of quaternary nitrogens is 1. The summed E-state index contributed by atoms with van der Waals surface area (Å²) in [5.41, 5.74) is 2.37. The highest BCUT2D eigenvalue weighted by Crippen LogP contribution is 2.16. The molecule has 0 aliphatic carbocycles. The third kappa shape index (κ3) is 3.26. The summed E-state index contributed by atoms with van der Waals surface area (Å²) in [5.74, 6) is 0.966. The molecule has 1 aromatic carbocycles. The van der Waals surface area contributed by atoms with Crippen LogP contribution in [0, 0.1) is 18.6 Å². The topological polar surface area (TPSA) is 27.2 Å². The second-order valence-electron chi connectivity index (χ2n) is 6.62. The Morgan fingerprint density at radius 2 is 2.04 bits per heavy atom. The van der Waals surface area contributed by atoms with Gasteiger partial charge in [-0.15, -0.1) is 0 Å². The number of rotatable bonds is 4. The fourth-order valence-corrected chi connectivity index (χ4v) is 4.09. The molecular weight excluding hydrogens is 304 g/mol. The monoisotopic (exact) mass is 331 g/mol. The van der Waals surface area contributed by atoms with Gasteiger partial charge in [-0.2, -0.15) is 9.78 Å². The van der Waals surface area contributed by atoms with Crippen LogP contribution in [0.3, 0.4) is 0 Å². The highest BCUT2D eigenvalue weighted by molar-refractivity contribution is 7.71. The molecular formula is C18H27N4S+. The molecule has 23 heavy (non-hydrogen) atoms. The van der Waals surface area contributed by atoms with Gasteiger partial charge in [-0.3, -0.25) is 4.57 Å². The minimum atomic E-state index is 0.745. The fraction of sp³-hybridized carbons (Fsp3) is 0.556. The Morgan fingerprint density at radius 1 is 1.26 bits per heavy atom. The second-order valence-corrected chi connectivity index (χ2v) is 6.98. The maximum Gasteiger partial charge on any atom is 0.207 e. The summed E-state index contributed by atoms with van der Waals surface area (Å²) in [6.07, 6.45) is 5.25. The van der Waals surface area contributed by atoms with Crippen molar-refractivity contribution in [2.24, 2.45) is 0 Å². The van der Waals surface area contributed by atoms with E-state index in [9.17, 15) is 0 Å². The molecule has 0 amide bonds. The molecule has 1 aliphatic heterocycles. The molecule has 2 aromatic rings. The van der Waals surface area contributed by atoms with Crippen LogP contribution in [0.4, 0.5) is 0 Å². The van der Waals surface area contributed by atoms with Crippen molar-refractivity contribution in [2.75, 3.05) is 6.54 Å². The SMILES string of the molecule is CC[C@H]1CCCC[NH+]1Cn1nc(C)n(-c2ccccc2C)c1=S. The van der Waals surface area contributed by atoms with Gasteiger partial charge in [-0.25, -0.2) is 0 Å². The van der Waals surface area contributed by atoms with Gasteiger partial charge < -0.3 is 4.90 Å². The number of hydrogen-bond donors (Lipinski definition) is 1. The molecule has 1 N–H and O–H groups in total. The molecule has 0 spiro atoms. The summed E-state index contributed by atoms with van der Waals surface area (Å²) in [7, 11) is 0. The highest BCUT2D eigenvalue weighted by atomic mass is 32.1. The Labute approximate surface area is 143 Å². The summed E-state index contributed by atoms with van der Waals surface area (Å²) in [6.45, 7) is 8.58. The molecule has 0 saturated carbocycles. The number of piperidine rings is 1. The number of aromatic nitrogens is 3. The minimum absolute atomic E-state index is 0.745. The van der Waals surface area contributed by atoms with E-state index in [-0.39, 0.29) is 0 Å². The van der Waals surface area contributed by atoms with Crippen molar-refractivity contribution >= 4 is 12.2 Å². The molecule has 2 heterocycles. The van der Waals surface area contributed by atoms with Crippen molar-refractivity contribution in [2.45, 2.75) is 59.2 Å². The van der Waals surface area contributed by atoms with Gasteiger partial charge in [0.05, 0.1) is 18.3 Å². The van der Waals surface area contributed by atoms with Gasteiger partial charge in [0.25, 0.3) is 0 Å². The predicted molar refractivity (Wildman–Crippen MR) is 95.6 cm³/mol. The van der Waals surface area contributed by atoms with Gasteiger partial charge in [0.15, 0.2) is 6.67 Å². The Hall–Kier alpha value is -1.46. The zero-order chi connectivity index (χ0) is 16.4. The van der Waals surface area contributed by atoms with Crippen LogP contribution < -0.4 is 4.90 Å². The highest BCUT2D eigenvalue weighted by Gasteiger charge is 2.25. The lowest BCUT2D eigenvalue weighted by molar-refractivity contribution is -0.953. The molecule has 1 saturated heterocycles. The molecule has 5 heteroatoms. The Morgan fingerprint density at radius 3 is 2.78 bits per heavy atom. The molecule has 4 nitrogen and oxygen atoms in total. The molecule has 1 aromatic heterocycles. The van der Waals surface area contributed by atoms with Crippen LogP contribution in [0.5, 0.6) is 0 Å². The van der Waals surface area contributed by atoms with Crippen molar-refractivity contribution in [3.05, 3.63) is 40.4 Å². The summed E-state index contributed by atoms with van der Waals surface area (Å²) < 4.78 is 4.94. The first-order valence-electron chi connectivity index (χ1n) is 8.69. The van der Waals surface area contributed by atoms with Crippen LogP contribution >= 0.6 is 12.2 Å². The van der Waals surface area contributed by atoms with Crippen molar-refractivity contribution in [3.8, 4) is 5.69 Å². The minimum Gasteiger partial charge on any atom is -0.314 e. The van der Waals surface area contributed by atoms with Crippen LogP contribution in [0.1, 0.15) is 44.0 Å². The normalized spacial score (nSPS) is 21.5. The molecule has 1 unspecified atom stereocenters. The number of nitrogens with one attached hydrogen (secondary N) is 1. The van der Waals surface area contributed by atoms with E-state index < -0.39 is 0 Å². The summed E-state index contributed by atoms with van der Waals surface area (Å²) in [4.78, 5) is 1.63. The third-order valence-corrected chi connectivity index (χ3v) is 5.47. The Balaban J connectivity index is 1.92. The van der Waals surface area contributed by atoms with E-state index >= 15 is 0 Å². The van der Waals surface area contributed by atoms with E-state index in [1.165, 1.54) is 37.8 Å². The number of likely N-dealkylation sites (tertiary alicyclic amines) is 1. The Kier molecular flexibility index (Phi) is 4.97. The number of benzene rings is 1. The first-order chi connectivity index (χ1) is 11.1. The molecule has 2 atom stereocenters. The zero-order valence-electron chi connectivity index (χ0n) is 14.4. The predicted octanol–water partition coefficient (Wildman–Crippen LogP) is 2.83. The Bertz CT molecular complexity index is 731. The van der Waals surface area contributed by atoms with E-state index in [1.807, 2.05) is 11.6 Å². The standard InChI is InChI=1S/C18H26N4S/c1-4-16-10-7-8-12-20(16)13-21-18(23)22(15(3)19-21)17-11-6-5-9-14(17)2/h5-6,9,11,16H,4,7-8,10,12-13H2,1-3H3/p+1/t16-/m0/s1. The van der Waals surface area contributed by atoms with Gasteiger partial charge >= 0.3 is 0 Å². The lowest BCUT2D eigenvalue weighted by Gasteiger charge is -2.31. The van der Waals surface area contributed by atoms with Gasteiger partial charge in [-0.05, 0) is 63.4 Å². The van der Waals surface area contributed by atoms with Crippen LogP contribution in [0.25, 0.3) is 5.69 Å². The lowest BCUT2D eigenvalue weighted by atomic mass is 10.0. The van der Waals surface area contributed by atoms with Crippen molar-refractivity contribution in [3.63, 3.8) is 0 Å². The van der Waals surface area contributed by atoms with Crippen LogP contribution in [0.15, 0.2) is 24.3 Å². The number of aryl methyl sites for hydroxylation is 2. The summed E-state index contributed by atoms with van der Waals surface area (Å²) in [5, 5.41) is 4.75. The van der Waals surface area contributed by atoms with E-state index in [1.54, 1.807) is 4.90 Å².